The molecule has 0 radical (unpaired) electrons. The Bertz CT molecular complexity index is 261. The van der Waals surface area contributed by atoms with Crippen LogP contribution in [-0.2, 0) is 4.79 Å². The lowest BCUT2D eigenvalue weighted by Crippen LogP contribution is -2.43. The number of nitrogens with zero attached hydrogens (tertiary/aromatic N) is 1. The van der Waals surface area contributed by atoms with Crippen LogP contribution in [0.5, 0.6) is 0 Å². The van der Waals surface area contributed by atoms with Gasteiger partial charge in [-0.2, -0.15) is 0 Å². The van der Waals surface area contributed by atoms with Gasteiger partial charge in [-0.1, -0.05) is 6.42 Å². The van der Waals surface area contributed by atoms with E-state index >= 15 is 0 Å². The van der Waals surface area contributed by atoms with Gasteiger partial charge in [-0.3, -0.25) is 4.79 Å². The molecule has 3 N–H and O–H groups in total. The van der Waals surface area contributed by atoms with Gasteiger partial charge in [0.1, 0.15) is 0 Å². The highest BCUT2D eigenvalue weighted by Gasteiger charge is 2.30. The molecule has 0 aromatic carbocycles. The first kappa shape index (κ1) is 14.5. The second-order valence-electron chi connectivity index (χ2n) is 5.97. The van der Waals surface area contributed by atoms with Crippen molar-refractivity contribution in [1.82, 2.24) is 4.90 Å². The van der Waals surface area contributed by atoms with Crippen LogP contribution in [-0.4, -0.2) is 41.7 Å². The van der Waals surface area contributed by atoms with Gasteiger partial charge in [-0.25, -0.2) is 0 Å². The number of hydrogen-bond donors (Lipinski definition) is 2. The van der Waals surface area contributed by atoms with Crippen molar-refractivity contribution < 1.29 is 9.90 Å². The fourth-order valence-corrected chi connectivity index (χ4v) is 2.70. The molecule has 17 heavy (non-hydrogen) atoms. The Morgan fingerprint density at radius 1 is 1.47 bits per heavy atom. The fraction of sp³-hybridized carbons (Fsp3) is 0.923. The first-order chi connectivity index (χ1) is 7.83. The van der Waals surface area contributed by atoms with Crippen molar-refractivity contribution in [1.29, 1.82) is 0 Å². The lowest BCUT2D eigenvalue weighted by Gasteiger charge is -2.32. The van der Waals surface area contributed by atoms with Crippen molar-refractivity contribution in [2.75, 3.05) is 20.1 Å². The quantitative estimate of drug-likeness (QED) is 0.772. The lowest BCUT2D eigenvalue weighted by atomic mass is 9.80. The molecule has 1 aliphatic rings. The van der Waals surface area contributed by atoms with E-state index in [9.17, 15) is 9.90 Å². The first-order valence-electron chi connectivity index (χ1n) is 6.51. The zero-order chi connectivity index (χ0) is 13.1. The van der Waals surface area contributed by atoms with Gasteiger partial charge in [0.15, 0.2) is 0 Å². The van der Waals surface area contributed by atoms with Crippen LogP contribution in [0, 0.1) is 11.8 Å². The summed E-state index contributed by atoms with van der Waals surface area (Å²) in [4.78, 5) is 13.9. The second-order valence-corrected chi connectivity index (χ2v) is 5.97. The van der Waals surface area contributed by atoms with Crippen LogP contribution in [0.2, 0.25) is 0 Å². The minimum absolute atomic E-state index is 0.102. The molecule has 0 spiro atoms. The van der Waals surface area contributed by atoms with Gasteiger partial charge in [-0.15, -0.1) is 0 Å². The van der Waals surface area contributed by atoms with Crippen LogP contribution in [0.25, 0.3) is 0 Å². The molecule has 0 heterocycles. The predicted octanol–water partition coefficient (Wildman–Crippen LogP) is 0.981. The number of carbonyl (C=O) groups excluding carboxylic acids is 1. The minimum atomic E-state index is -0.827. The van der Waals surface area contributed by atoms with E-state index in [4.69, 9.17) is 5.73 Å². The van der Waals surface area contributed by atoms with Crippen LogP contribution >= 0.6 is 0 Å². The molecule has 1 saturated carbocycles. The average molecular weight is 242 g/mol. The molecular weight excluding hydrogens is 216 g/mol. The van der Waals surface area contributed by atoms with E-state index in [2.05, 4.69) is 0 Å². The molecule has 4 nitrogen and oxygen atoms in total. The summed E-state index contributed by atoms with van der Waals surface area (Å²) in [6.07, 6.45) is 4.11. The van der Waals surface area contributed by atoms with E-state index in [1.165, 1.54) is 0 Å². The van der Waals surface area contributed by atoms with E-state index in [-0.39, 0.29) is 11.8 Å². The van der Waals surface area contributed by atoms with Crippen LogP contribution in [0.15, 0.2) is 0 Å². The van der Waals surface area contributed by atoms with Crippen LogP contribution in [0.4, 0.5) is 0 Å². The molecule has 2 unspecified atom stereocenters. The maximum Gasteiger partial charge on any atom is 0.225 e. The Morgan fingerprint density at radius 2 is 2.12 bits per heavy atom. The summed E-state index contributed by atoms with van der Waals surface area (Å²) >= 11 is 0. The van der Waals surface area contributed by atoms with E-state index in [1.54, 1.807) is 25.8 Å². The number of carbonyl (C=O) groups is 1. The summed E-state index contributed by atoms with van der Waals surface area (Å²) in [5, 5.41) is 9.72. The molecule has 0 aromatic heterocycles. The van der Waals surface area contributed by atoms with Crippen molar-refractivity contribution in [3.63, 3.8) is 0 Å². The van der Waals surface area contributed by atoms with Crippen LogP contribution in [0.1, 0.15) is 39.5 Å². The van der Waals surface area contributed by atoms with E-state index in [1.807, 2.05) is 0 Å². The lowest BCUT2D eigenvalue weighted by molar-refractivity contribution is -0.138. The number of amides is 1. The summed E-state index contributed by atoms with van der Waals surface area (Å²) in [6, 6.07) is 0. The second kappa shape index (κ2) is 5.83. The van der Waals surface area contributed by atoms with Gasteiger partial charge < -0.3 is 15.7 Å². The Labute approximate surface area is 104 Å². The van der Waals surface area contributed by atoms with Gasteiger partial charge in [0.25, 0.3) is 0 Å². The SMILES string of the molecule is CN(CC(C)(C)O)C(=O)C1CCCC(CN)C1. The van der Waals surface area contributed by atoms with Crippen molar-refractivity contribution in [2.45, 2.75) is 45.1 Å². The Morgan fingerprint density at radius 3 is 2.65 bits per heavy atom. The van der Waals surface area contributed by atoms with Gasteiger partial charge in [-0.05, 0) is 45.6 Å². The molecule has 4 heteroatoms. The largest absolute Gasteiger partial charge is 0.389 e. The molecule has 0 aromatic rings. The minimum Gasteiger partial charge on any atom is -0.389 e. The number of likely N-dealkylation sites (N-methyl/N-ethyl adjacent to an activating group) is 1. The maximum absolute atomic E-state index is 12.2. The highest BCUT2D eigenvalue weighted by atomic mass is 16.3. The number of aliphatic hydroxyl groups is 1. The zero-order valence-electron chi connectivity index (χ0n) is 11.3. The van der Waals surface area contributed by atoms with Crippen LogP contribution < -0.4 is 5.73 Å². The van der Waals surface area contributed by atoms with E-state index in [0.717, 1.165) is 25.7 Å². The molecule has 1 fully saturated rings. The topological polar surface area (TPSA) is 66.6 Å². The maximum atomic E-state index is 12.2. The Kier molecular flexibility index (Phi) is 4.95. The molecule has 2 atom stereocenters. The number of nitrogens with two attached hydrogens (primary N) is 1. The molecule has 0 bridgehead atoms. The van der Waals surface area contributed by atoms with E-state index in [0.29, 0.717) is 19.0 Å². The van der Waals surface area contributed by atoms with Gasteiger partial charge >= 0.3 is 0 Å². The third-order valence-electron chi connectivity index (χ3n) is 3.47. The summed E-state index contributed by atoms with van der Waals surface area (Å²) < 4.78 is 0. The van der Waals surface area contributed by atoms with Crippen molar-refractivity contribution >= 4 is 5.91 Å². The standard InChI is InChI=1S/C13H26N2O2/c1-13(2,17)9-15(3)12(16)11-6-4-5-10(7-11)8-14/h10-11,17H,4-9,14H2,1-3H3. The monoisotopic (exact) mass is 242 g/mol. The molecule has 0 aliphatic heterocycles. The Balaban J connectivity index is 2.51. The number of rotatable bonds is 4. The fourth-order valence-electron chi connectivity index (χ4n) is 2.70. The summed E-state index contributed by atoms with van der Waals surface area (Å²) in [6.45, 7) is 4.51. The smallest absolute Gasteiger partial charge is 0.225 e. The summed E-state index contributed by atoms with van der Waals surface area (Å²) in [5.41, 5.74) is 4.85. The third kappa shape index (κ3) is 4.64. The van der Waals surface area contributed by atoms with Crippen LogP contribution in [0.3, 0.4) is 0 Å². The van der Waals surface area contributed by atoms with Crippen molar-refractivity contribution in [3.8, 4) is 0 Å². The van der Waals surface area contributed by atoms with Gasteiger partial charge in [0.2, 0.25) is 5.91 Å². The third-order valence-corrected chi connectivity index (χ3v) is 3.47. The molecule has 1 aliphatic carbocycles. The van der Waals surface area contributed by atoms with Gasteiger partial charge in [0, 0.05) is 19.5 Å². The van der Waals surface area contributed by atoms with Crippen molar-refractivity contribution in [2.24, 2.45) is 17.6 Å². The summed E-state index contributed by atoms with van der Waals surface area (Å²) in [5.74, 6) is 0.753. The van der Waals surface area contributed by atoms with E-state index < -0.39 is 5.60 Å². The summed E-state index contributed by atoms with van der Waals surface area (Å²) in [7, 11) is 1.77. The highest BCUT2D eigenvalue weighted by Crippen LogP contribution is 2.29. The predicted molar refractivity (Wildman–Crippen MR) is 68.4 cm³/mol. The molecule has 0 saturated heterocycles. The zero-order valence-corrected chi connectivity index (χ0v) is 11.3. The van der Waals surface area contributed by atoms with Gasteiger partial charge in [0.05, 0.1) is 5.60 Å². The highest BCUT2D eigenvalue weighted by molar-refractivity contribution is 5.78. The average Bonchev–Trinajstić information content (AvgIpc) is 2.26. The Hall–Kier alpha value is -0.610. The molecular formula is C13H26N2O2. The molecule has 1 amide bonds. The first-order valence-corrected chi connectivity index (χ1v) is 6.51. The molecule has 1 rings (SSSR count). The number of hydrogen-bond acceptors (Lipinski definition) is 3. The molecule has 100 valence electrons. The van der Waals surface area contributed by atoms with Crippen molar-refractivity contribution in [3.05, 3.63) is 0 Å². The normalized spacial score (nSPS) is 25.7.